The van der Waals surface area contributed by atoms with Crippen LogP contribution in [0.1, 0.15) is 23.6 Å². The van der Waals surface area contributed by atoms with Gasteiger partial charge in [0.1, 0.15) is 0 Å². The first-order valence-electron chi connectivity index (χ1n) is 8.77. The summed E-state index contributed by atoms with van der Waals surface area (Å²) in [6.45, 7) is 8.42. The normalized spacial score (nSPS) is 11.8. The molecular formula is C23H25NSi. The first-order chi connectivity index (χ1) is 12.1. The molecule has 0 fully saturated rings. The molecule has 126 valence electrons. The molecule has 0 bridgehead atoms. The van der Waals surface area contributed by atoms with Crippen LogP contribution in [0.2, 0.25) is 0 Å². The summed E-state index contributed by atoms with van der Waals surface area (Å²) in [5, 5.41) is 3.97. The first-order valence-corrected chi connectivity index (χ1v) is 10.7. The fourth-order valence-corrected chi connectivity index (χ4v) is 7.08. The number of nitrogens with zero attached hydrogens (tertiary/aromatic N) is 1. The van der Waals surface area contributed by atoms with Crippen LogP contribution >= 0.6 is 0 Å². The van der Waals surface area contributed by atoms with E-state index >= 15 is 0 Å². The van der Waals surface area contributed by atoms with Crippen molar-refractivity contribution < 1.29 is 0 Å². The molecule has 0 aromatic heterocycles. The second kappa shape index (κ2) is 7.20. The zero-order valence-corrected chi connectivity index (χ0v) is 16.5. The minimum Gasteiger partial charge on any atom is -0.316 e. The smallest absolute Gasteiger partial charge is 0.272 e. The predicted octanol–water partition coefficient (Wildman–Crippen LogP) is 3.67. The standard InChI is InChI=1S/C23H25NSi/c1-5-24-25(21-12-6-18(2)7-13-21,22-14-8-19(3)9-15-22)23-16-10-20(4)11-17-23/h5-17H,1-4H3/b24-5+. The van der Waals surface area contributed by atoms with E-state index in [1.165, 1.54) is 32.3 Å². The highest BCUT2D eigenvalue weighted by Crippen LogP contribution is 2.11. The van der Waals surface area contributed by atoms with Crippen LogP contribution in [0.15, 0.2) is 77.5 Å². The number of benzene rings is 3. The maximum Gasteiger partial charge on any atom is 0.272 e. The summed E-state index contributed by atoms with van der Waals surface area (Å²) in [6, 6.07) is 26.7. The van der Waals surface area contributed by atoms with Gasteiger partial charge in [-0.05, 0) is 49.5 Å². The van der Waals surface area contributed by atoms with E-state index in [9.17, 15) is 0 Å². The van der Waals surface area contributed by atoms with Gasteiger partial charge in [-0.2, -0.15) is 0 Å². The minimum absolute atomic E-state index is 1.28. The van der Waals surface area contributed by atoms with Gasteiger partial charge in [-0.3, -0.25) is 0 Å². The van der Waals surface area contributed by atoms with Crippen molar-refractivity contribution in [1.82, 2.24) is 0 Å². The monoisotopic (exact) mass is 343 g/mol. The topological polar surface area (TPSA) is 12.4 Å². The average Bonchev–Trinajstić information content (AvgIpc) is 2.62. The SMILES string of the molecule is C/C=N/[Si](c1ccc(C)cc1)(c1ccc(C)cc1)c1ccc(C)cc1. The Kier molecular flexibility index (Phi) is 5.00. The van der Waals surface area contributed by atoms with Gasteiger partial charge >= 0.3 is 0 Å². The number of hydrogen-bond donors (Lipinski definition) is 0. The van der Waals surface area contributed by atoms with E-state index in [2.05, 4.69) is 93.6 Å². The van der Waals surface area contributed by atoms with Crippen molar-refractivity contribution in [1.29, 1.82) is 0 Å². The molecule has 3 rings (SSSR count). The summed E-state index contributed by atoms with van der Waals surface area (Å²) >= 11 is 0. The predicted molar refractivity (Wildman–Crippen MR) is 112 cm³/mol. The molecule has 0 aliphatic rings. The molecule has 3 aromatic carbocycles. The summed E-state index contributed by atoms with van der Waals surface area (Å²) in [5.74, 6) is 0. The summed E-state index contributed by atoms with van der Waals surface area (Å²) in [6.07, 6.45) is 1.98. The van der Waals surface area contributed by atoms with E-state index in [-0.39, 0.29) is 0 Å². The molecule has 0 spiro atoms. The Labute approximate surface area is 152 Å². The van der Waals surface area contributed by atoms with Gasteiger partial charge in [0.25, 0.3) is 8.24 Å². The Morgan fingerprint density at radius 1 is 0.560 bits per heavy atom. The van der Waals surface area contributed by atoms with Crippen LogP contribution in [-0.2, 0) is 0 Å². The van der Waals surface area contributed by atoms with Gasteiger partial charge in [-0.25, -0.2) is 0 Å². The maximum absolute atomic E-state index is 5.17. The summed E-state index contributed by atoms with van der Waals surface area (Å²) in [5.41, 5.74) is 3.83. The molecule has 0 N–H and O–H groups in total. The molecular weight excluding hydrogens is 318 g/mol. The fourth-order valence-electron chi connectivity index (χ4n) is 3.30. The third-order valence-electron chi connectivity index (χ3n) is 4.73. The Morgan fingerprint density at radius 2 is 0.840 bits per heavy atom. The van der Waals surface area contributed by atoms with Crippen molar-refractivity contribution in [3.05, 3.63) is 89.5 Å². The van der Waals surface area contributed by atoms with Gasteiger partial charge in [0.05, 0.1) is 0 Å². The summed E-state index contributed by atoms with van der Waals surface area (Å²) in [4.78, 5) is 0. The number of aryl methyl sites for hydroxylation is 3. The van der Waals surface area contributed by atoms with Crippen LogP contribution in [-0.4, -0.2) is 14.5 Å². The van der Waals surface area contributed by atoms with Crippen molar-refractivity contribution in [3.63, 3.8) is 0 Å². The lowest BCUT2D eigenvalue weighted by Gasteiger charge is -2.29. The van der Waals surface area contributed by atoms with Crippen molar-refractivity contribution >= 4 is 30.0 Å². The molecule has 0 heterocycles. The molecule has 0 unspecified atom stereocenters. The van der Waals surface area contributed by atoms with Crippen molar-refractivity contribution in [2.45, 2.75) is 27.7 Å². The second-order valence-electron chi connectivity index (χ2n) is 6.70. The lowest BCUT2D eigenvalue weighted by Crippen LogP contribution is -2.66. The molecule has 0 saturated carbocycles. The molecule has 3 aromatic rings. The Hall–Kier alpha value is -2.45. The van der Waals surface area contributed by atoms with Gasteiger partial charge in [-0.1, -0.05) is 89.5 Å². The largest absolute Gasteiger partial charge is 0.316 e. The molecule has 0 aliphatic heterocycles. The van der Waals surface area contributed by atoms with Crippen molar-refractivity contribution in [3.8, 4) is 0 Å². The van der Waals surface area contributed by atoms with Gasteiger partial charge in [-0.15, -0.1) is 0 Å². The van der Waals surface area contributed by atoms with E-state index < -0.39 is 8.24 Å². The Bertz CT molecular complexity index is 749. The van der Waals surface area contributed by atoms with Crippen LogP contribution < -0.4 is 15.6 Å². The highest BCUT2D eigenvalue weighted by Gasteiger charge is 2.39. The average molecular weight is 344 g/mol. The Morgan fingerprint density at radius 3 is 1.08 bits per heavy atom. The van der Waals surface area contributed by atoms with Crippen LogP contribution in [0.4, 0.5) is 0 Å². The van der Waals surface area contributed by atoms with Crippen LogP contribution in [0, 0.1) is 20.8 Å². The van der Waals surface area contributed by atoms with E-state index in [1.54, 1.807) is 0 Å². The fraction of sp³-hybridized carbons (Fsp3) is 0.174. The molecule has 1 nitrogen and oxygen atoms in total. The van der Waals surface area contributed by atoms with E-state index in [0.717, 1.165) is 0 Å². The summed E-state index contributed by atoms with van der Waals surface area (Å²) < 4.78 is 5.17. The molecule has 0 atom stereocenters. The van der Waals surface area contributed by atoms with Gasteiger partial charge in [0.2, 0.25) is 0 Å². The zero-order valence-electron chi connectivity index (χ0n) is 15.5. The third kappa shape index (κ3) is 3.35. The highest BCUT2D eigenvalue weighted by molar-refractivity contribution is 7.10. The summed E-state index contributed by atoms with van der Waals surface area (Å²) in [7, 11) is -2.42. The third-order valence-corrected chi connectivity index (χ3v) is 8.88. The molecule has 2 heteroatoms. The number of hydrogen-bond acceptors (Lipinski definition) is 1. The molecule has 0 amide bonds. The Balaban J connectivity index is 2.33. The number of rotatable bonds is 4. The van der Waals surface area contributed by atoms with Crippen molar-refractivity contribution in [2.75, 3.05) is 0 Å². The van der Waals surface area contributed by atoms with E-state index in [4.69, 9.17) is 4.66 Å². The maximum atomic E-state index is 5.17. The molecule has 0 aliphatic carbocycles. The van der Waals surface area contributed by atoms with Crippen LogP contribution in [0.25, 0.3) is 0 Å². The highest BCUT2D eigenvalue weighted by atomic mass is 28.3. The van der Waals surface area contributed by atoms with Gasteiger partial charge < -0.3 is 4.66 Å². The van der Waals surface area contributed by atoms with E-state index in [1.807, 2.05) is 13.1 Å². The van der Waals surface area contributed by atoms with Crippen molar-refractivity contribution in [2.24, 2.45) is 4.66 Å². The first kappa shape index (κ1) is 17.4. The lowest BCUT2D eigenvalue weighted by atomic mass is 10.2. The lowest BCUT2D eigenvalue weighted by molar-refractivity contribution is 1.46. The van der Waals surface area contributed by atoms with Gasteiger partial charge in [0.15, 0.2) is 0 Å². The van der Waals surface area contributed by atoms with Gasteiger partial charge in [0, 0.05) is 0 Å². The van der Waals surface area contributed by atoms with E-state index in [0.29, 0.717) is 0 Å². The molecule has 0 saturated heterocycles. The molecule has 0 radical (unpaired) electrons. The van der Waals surface area contributed by atoms with Crippen LogP contribution in [0.3, 0.4) is 0 Å². The molecule has 25 heavy (non-hydrogen) atoms. The quantitative estimate of drug-likeness (QED) is 0.389. The zero-order chi connectivity index (χ0) is 17.9. The minimum atomic E-state index is -2.42. The second-order valence-corrected chi connectivity index (χ2v) is 10.1. The van der Waals surface area contributed by atoms with Crippen LogP contribution in [0.5, 0.6) is 0 Å².